The Labute approximate surface area is 153 Å². The van der Waals surface area contributed by atoms with Gasteiger partial charge in [0, 0.05) is 12.1 Å². The molecular weight excluding hydrogens is 356 g/mol. The van der Waals surface area contributed by atoms with Crippen molar-refractivity contribution < 1.29 is 22.7 Å². The average molecular weight is 378 g/mol. The lowest BCUT2D eigenvalue weighted by Gasteiger charge is -2.09. The van der Waals surface area contributed by atoms with E-state index >= 15 is 0 Å². The molecule has 1 amide bonds. The molecule has 0 spiro atoms. The van der Waals surface area contributed by atoms with E-state index in [0.717, 1.165) is 5.75 Å². The predicted molar refractivity (Wildman–Crippen MR) is 98.1 cm³/mol. The van der Waals surface area contributed by atoms with Gasteiger partial charge in [-0.05, 0) is 42.5 Å². The van der Waals surface area contributed by atoms with Crippen LogP contribution in [0.4, 0.5) is 0 Å². The Morgan fingerprint density at radius 1 is 1.08 bits per heavy atom. The zero-order chi connectivity index (χ0) is 19.0. The minimum Gasteiger partial charge on any atom is -0.497 e. The standard InChI is InChI=1S/C18H22N2O5S/c1-3-20-26(22,23)17-6-4-5-14(13-17)18(21)19-11-12-25-16-9-7-15(24-2)8-10-16/h4-10,13,20H,3,11-12H2,1-2H3,(H,19,21). The van der Waals surface area contributed by atoms with Crippen molar-refractivity contribution in [2.45, 2.75) is 11.8 Å². The fourth-order valence-corrected chi connectivity index (χ4v) is 3.27. The third kappa shape index (κ3) is 5.47. The summed E-state index contributed by atoms with van der Waals surface area (Å²) in [5.74, 6) is 1.04. The van der Waals surface area contributed by atoms with Gasteiger partial charge in [-0.15, -0.1) is 0 Å². The van der Waals surface area contributed by atoms with E-state index in [1.54, 1.807) is 44.4 Å². The lowest BCUT2D eigenvalue weighted by Crippen LogP contribution is -2.28. The molecule has 0 heterocycles. The van der Waals surface area contributed by atoms with Crippen LogP contribution in [-0.4, -0.2) is 41.1 Å². The first-order valence-electron chi connectivity index (χ1n) is 8.11. The molecule has 0 aliphatic rings. The lowest BCUT2D eigenvalue weighted by molar-refractivity contribution is 0.0947. The first-order chi connectivity index (χ1) is 12.5. The Balaban J connectivity index is 1.87. The monoisotopic (exact) mass is 378 g/mol. The summed E-state index contributed by atoms with van der Waals surface area (Å²) in [6, 6.07) is 13.0. The molecule has 0 bridgehead atoms. The van der Waals surface area contributed by atoms with E-state index in [-0.39, 0.29) is 36.1 Å². The number of hydrogen-bond donors (Lipinski definition) is 2. The van der Waals surface area contributed by atoms with Gasteiger partial charge in [0.05, 0.1) is 18.6 Å². The summed E-state index contributed by atoms with van der Waals surface area (Å²) < 4.78 is 37.0. The minimum absolute atomic E-state index is 0.0569. The van der Waals surface area contributed by atoms with Crippen molar-refractivity contribution in [2.24, 2.45) is 0 Å². The number of sulfonamides is 1. The van der Waals surface area contributed by atoms with Gasteiger partial charge in [-0.3, -0.25) is 4.79 Å². The van der Waals surface area contributed by atoms with Gasteiger partial charge in [-0.1, -0.05) is 13.0 Å². The number of ether oxygens (including phenoxy) is 2. The zero-order valence-electron chi connectivity index (χ0n) is 14.7. The van der Waals surface area contributed by atoms with Crippen LogP contribution in [0.3, 0.4) is 0 Å². The van der Waals surface area contributed by atoms with Crippen LogP contribution in [0.25, 0.3) is 0 Å². The highest BCUT2D eigenvalue weighted by Crippen LogP contribution is 2.16. The molecule has 8 heteroatoms. The van der Waals surface area contributed by atoms with Gasteiger partial charge in [0.1, 0.15) is 18.1 Å². The molecule has 2 aromatic rings. The summed E-state index contributed by atoms with van der Waals surface area (Å²) in [7, 11) is -2.01. The molecule has 0 saturated carbocycles. The normalized spacial score (nSPS) is 11.0. The van der Waals surface area contributed by atoms with Crippen LogP contribution in [0.2, 0.25) is 0 Å². The summed E-state index contributed by atoms with van der Waals surface area (Å²) in [6.07, 6.45) is 0. The molecule has 0 fully saturated rings. The molecular formula is C18H22N2O5S. The molecule has 0 aromatic heterocycles. The number of carbonyl (C=O) groups excluding carboxylic acids is 1. The quantitative estimate of drug-likeness (QED) is 0.649. The van der Waals surface area contributed by atoms with Crippen molar-refractivity contribution in [1.82, 2.24) is 10.0 Å². The van der Waals surface area contributed by atoms with E-state index in [1.807, 2.05) is 0 Å². The molecule has 140 valence electrons. The average Bonchev–Trinajstić information content (AvgIpc) is 2.65. The molecule has 0 radical (unpaired) electrons. The van der Waals surface area contributed by atoms with Crippen LogP contribution < -0.4 is 19.5 Å². The smallest absolute Gasteiger partial charge is 0.251 e. The van der Waals surface area contributed by atoms with Crippen LogP contribution in [0.15, 0.2) is 53.4 Å². The Morgan fingerprint density at radius 3 is 2.42 bits per heavy atom. The number of rotatable bonds is 9. The van der Waals surface area contributed by atoms with Crippen molar-refractivity contribution in [1.29, 1.82) is 0 Å². The van der Waals surface area contributed by atoms with Gasteiger partial charge in [-0.2, -0.15) is 0 Å². The van der Waals surface area contributed by atoms with E-state index in [0.29, 0.717) is 5.75 Å². The van der Waals surface area contributed by atoms with Crippen LogP contribution in [0, 0.1) is 0 Å². The molecule has 0 atom stereocenters. The Bertz CT molecular complexity index is 835. The first kappa shape index (κ1) is 19.7. The van der Waals surface area contributed by atoms with Crippen LogP contribution in [-0.2, 0) is 10.0 Å². The van der Waals surface area contributed by atoms with E-state index in [2.05, 4.69) is 10.0 Å². The van der Waals surface area contributed by atoms with Gasteiger partial charge in [-0.25, -0.2) is 13.1 Å². The summed E-state index contributed by atoms with van der Waals surface area (Å²) >= 11 is 0. The molecule has 0 unspecified atom stereocenters. The molecule has 7 nitrogen and oxygen atoms in total. The van der Waals surface area contributed by atoms with Crippen molar-refractivity contribution >= 4 is 15.9 Å². The Kier molecular flexibility index (Phi) is 6.99. The maximum atomic E-state index is 12.2. The van der Waals surface area contributed by atoms with Gasteiger partial charge in [0.2, 0.25) is 10.0 Å². The van der Waals surface area contributed by atoms with Crippen molar-refractivity contribution in [2.75, 3.05) is 26.8 Å². The second-order valence-electron chi connectivity index (χ2n) is 5.31. The zero-order valence-corrected chi connectivity index (χ0v) is 15.5. The summed E-state index contributed by atoms with van der Waals surface area (Å²) in [5.41, 5.74) is 0.272. The van der Waals surface area contributed by atoms with Crippen molar-refractivity contribution in [3.05, 3.63) is 54.1 Å². The third-order valence-electron chi connectivity index (χ3n) is 3.46. The van der Waals surface area contributed by atoms with Gasteiger partial charge in [0.25, 0.3) is 5.91 Å². The van der Waals surface area contributed by atoms with E-state index in [4.69, 9.17) is 9.47 Å². The van der Waals surface area contributed by atoms with Crippen molar-refractivity contribution in [3.63, 3.8) is 0 Å². The second-order valence-corrected chi connectivity index (χ2v) is 7.08. The summed E-state index contributed by atoms with van der Waals surface area (Å²) in [6.45, 7) is 2.54. The highest BCUT2D eigenvalue weighted by molar-refractivity contribution is 7.89. The molecule has 0 saturated heterocycles. The lowest BCUT2D eigenvalue weighted by atomic mass is 10.2. The number of benzene rings is 2. The third-order valence-corrected chi connectivity index (χ3v) is 5.00. The molecule has 0 aliphatic carbocycles. The first-order valence-corrected chi connectivity index (χ1v) is 9.59. The highest BCUT2D eigenvalue weighted by Gasteiger charge is 2.15. The van der Waals surface area contributed by atoms with Gasteiger partial charge >= 0.3 is 0 Å². The largest absolute Gasteiger partial charge is 0.497 e. The van der Waals surface area contributed by atoms with Crippen LogP contribution in [0.5, 0.6) is 11.5 Å². The molecule has 0 aliphatic heterocycles. The number of methoxy groups -OCH3 is 1. The summed E-state index contributed by atoms with van der Waals surface area (Å²) in [4.78, 5) is 12.2. The van der Waals surface area contributed by atoms with Crippen LogP contribution in [0.1, 0.15) is 17.3 Å². The van der Waals surface area contributed by atoms with Gasteiger partial charge < -0.3 is 14.8 Å². The van der Waals surface area contributed by atoms with E-state index in [1.165, 1.54) is 18.2 Å². The van der Waals surface area contributed by atoms with E-state index in [9.17, 15) is 13.2 Å². The molecule has 26 heavy (non-hydrogen) atoms. The molecule has 2 aromatic carbocycles. The Morgan fingerprint density at radius 2 is 1.77 bits per heavy atom. The summed E-state index contributed by atoms with van der Waals surface area (Å²) in [5, 5.41) is 2.70. The Hall–Kier alpha value is -2.58. The maximum Gasteiger partial charge on any atom is 0.251 e. The number of amides is 1. The fourth-order valence-electron chi connectivity index (χ4n) is 2.19. The predicted octanol–water partition coefficient (Wildman–Crippen LogP) is 1.80. The topological polar surface area (TPSA) is 93.7 Å². The van der Waals surface area contributed by atoms with Crippen molar-refractivity contribution in [3.8, 4) is 11.5 Å². The molecule has 2 rings (SSSR count). The fraction of sp³-hybridized carbons (Fsp3) is 0.278. The SMILES string of the molecule is CCNS(=O)(=O)c1cccc(C(=O)NCCOc2ccc(OC)cc2)c1. The highest BCUT2D eigenvalue weighted by atomic mass is 32.2. The number of hydrogen-bond acceptors (Lipinski definition) is 5. The van der Waals surface area contributed by atoms with E-state index < -0.39 is 10.0 Å². The number of carbonyl (C=O) groups is 1. The number of nitrogens with one attached hydrogen (secondary N) is 2. The minimum atomic E-state index is -3.60. The second kappa shape index (κ2) is 9.21. The van der Waals surface area contributed by atoms with Crippen LogP contribution >= 0.6 is 0 Å². The maximum absolute atomic E-state index is 12.2. The van der Waals surface area contributed by atoms with Gasteiger partial charge in [0.15, 0.2) is 0 Å². The molecule has 2 N–H and O–H groups in total.